The number of carbonyl (C=O) groups excluding carboxylic acids is 1. The Hall–Kier alpha value is -2.15. The summed E-state index contributed by atoms with van der Waals surface area (Å²) in [6.07, 6.45) is 1.40. The first-order valence-electron chi connectivity index (χ1n) is 5.58. The van der Waals surface area contributed by atoms with Crippen molar-refractivity contribution in [3.63, 3.8) is 0 Å². The minimum absolute atomic E-state index is 0.384. The van der Waals surface area contributed by atoms with Crippen LogP contribution < -0.4 is 15.2 Å². The maximum atomic E-state index is 11.4. The molecule has 0 unspecified atom stereocenters. The van der Waals surface area contributed by atoms with Gasteiger partial charge in [0, 0.05) is 12.1 Å². The average molecular weight is 279 g/mol. The van der Waals surface area contributed by atoms with Gasteiger partial charge in [-0.05, 0) is 6.92 Å². The Balaban J connectivity index is 2.44. The van der Waals surface area contributed by atoms with Gasteiger partial charge in [-0.1, -0.05) is 0 Å². The summed E-state index contributed by atoms with van der Waals surface area (Å²) in [5.74, 6) is 0.422. The van der Waals surface area contributed by atoms with Gasteiger partial charge in [0.2, 0.25) is 5.88 Å². The lowest BCUT2D eigenvalue weighted by molar-refractivity contribution is 0.100. The summed E-state index contributed by atoms with van der Waals surface area (Å²) in [6, 6.07) is 3.43. The molecule has 2 heterocycles. The number of thiophene rings is 1. The normalized spacial score (nSPS) is 10.2. The first-order valence-corrected chi connectivity index (χ1v) is 6.40. The van der Waals surface area contributed by atoms with Crippen LogP contribution in [0.2, 0.25) is 0 Å². The molecule has 100 valence electrons. The Morgan fingerprint density at radius 1 is 1.42 bits per heavy atom. The molecule has 0 aliphatic carbocycles. The number of aromatic nitrogens is 2. The van der Waals surface area contributed by atoms with Crippen molar-refractivity contribution in [3.05, 3.63) is 23.3 Å². The average Bonchev–Trinajstić information content (AvgIpc) is 2.83. The summed E-state index contributed by atoms with van der Waals surface area (Å²) >= 11 is 1.23. The Morgan fingerprint density at radius 2 is 2.21 bits per heavy atom. The molecule has 0 aliphatic rings. The van der Waals surface area contributed by atoms with Gasteiger partial charge in [-0.15, -0.1) is 11.3 Å². The number of amides is 1. The van der Waals surface area contributed by atoms with Crippen molar-refractivity contribution in [1.82, 2.24) is 9.97 Å². The second-order valence-corrected chi connectivity index (χ2v) is 4.60. The highest BCUT2D eigenvalue weighted by molar-refractivity contribution is 7.17. The second-order valence-electron chi connectivity index (χ2n) is 3.55. The van der Waals surface area contributed by atoms with Crippen LogP contribution in [0.1, 0.15) is 16.6 Å². The van der Waals surface area contributed by atoms with Gasteiger partial charge >= 0.3 is 0 Å². The third-order valence-corrected chi connectivity index (χ3v) is 3.48. The molecule has 0 saturated carbocycles. The second kappa shape index (κ2) is 5.66. The Labute approximate surface area is 114 Å². The van der Waals surface area contributed by atoms with Crippen molar-refractivity contribution in [1.29, 1.82) is 0 Å². The van der Waals surface area contributed by atoms with Gasteiger partial charge in [0.25, 0.3) is 5.91 Å². The first kappa shape index (κ1) is 13.3. The van der Waals surface area contributed by atoms with Gasteiger partial charge in [-0.25, -0.2) is 9.97 Å². The van der Waals surface area contributed by atoms with E-state index in [-0.39, 0.29) is 0 Å². The van der Waals surface area contributed by atoms with E-state index in [0.717, 1.165) is 4.88 Å². The molecule has 7 heteroatoms. The molecule has 2 rings (SSSR count). The van der Waals surface area contributed by atoms with E-state index in [1.165, 1.54) is 24.8 Å². The maximum absolute atomic E-state index is 11.4. The molecule has 0 atom stereocenters. The number of hydrogen-bond donors (Lipinski definition) is 1. The van der Waals surface area contributed by atoms with Crippen LogP contribution >= 0.6 is 11.3 Å². The van der Waals surface area contributed by atoms with Crippen LogP contribution in [0.5, 0.6) is 11.6 Å². The van der Waals surface area contributed by atoms with E-state index >= 15 is 0 Å². The monoisotopic (exact) mass is 279 g/mol. The fourth-order valence-electron chi connectivity index (χ4n) is 1.52. The van der Waals surface area contributed by atoms with Gasteiger partial charge in [0.1, 0.15) is 17.0 Å². The minimum atomic E-state index is -0.513. The van der Waals surface area contributed by atoms with E-state index in [4.69, 9.17) is 15.2 Å². The lowest BCUT2D eigenvalue weighted by atomic mass is 10.3. The molecule has 0 bridgehead atoms. The van der Waals surface area contributed by atoms with Gasteiger partial charge in [-0.2, -0.15) is 0 Å². The molecule has 0 spiro atoms. The molecule has 0 radical (unpaired) electrons. The van der Waals surface area contributed by atoms with E-state index in [1.807, 2.05) is 6.92 Å². The highest BCUT2D eigenvalue weighted by atomic mass is 32.1. The molecular formula is C12H13N3O3S. The number of rotatable bonds is 5. The summed E-state index contributed by atoms with van der Waals surface area (Å²) in [7, 11) is 1.53. The van der Waals surface area contributed by atoms with Crippen LogP contribution in [0.15, 0.2) is 18.5 Å². The third-order valence-electron chi connectivity index (χ3n) is 2.33. The molecular weight excluding hydrogens is 266 g/mol. The van der Waals surface area contributed by atoms with Crippen molar-refractivity contribution in [3.8, 4) is 22.2 Å². The number of ether oxygens (including phenoxy) is 2. The Morgan fingerprint density at radius 3 is 2.84 bits per heavy atom. The van der Waals surface area contributed by atoms with E-state index < -0.39 is 5.91 Å². The highest BCUT2D eigenvalue weighted by Crippen LogP contribution is 2.35. The molecule has 1 amide bonds. The number of carbonyl (C=O) groups is 1. The van der Waals surface area contributed by atoms with Gasteiger partial charge in [-0.3, -0.25) is 4.79 Å². The molecule has 0 aromatic carbocycles. The van der Waals surface area contributed by atoms with Gasteiger partial charge < -0.3 is 15.2 Å². The van der Waals surface area contributed by atoms with Gasteiger partial charge in [0.15, 0.2) is 0 Å². The van der Waals surface area contributed by atoms with Crippen molar-refractivity contribution in [2.45, 2.75) is 6.92 Å². The fraction of sp³-hybridized carbons (Fsp3) is 0.250. The third kappa shape index (κ3) is 2.82. The van der Waals surface area contributed by atoms with E-state index in [1.54, 1.807) is 12.1 Å². The van der Waals surface area contributed by atoms with Crippen molar-refractivity contribution < 1.29 is 14.3 Å². The predicted octanol–water partition coefficient (Wildman–Crippen LogP) is 1.71. The standard InChI is InChI=1S/C12H13N3O3S/c1-3-18-8-5-9(19-11(8)12(13)16)7-4-10(17-2)15-6-14-7/h4-6H,3H2,1-2H3,(H2,13,16). The van der Waals surface area contributed by atoms with E-state index in [0.29, 0.717) is 28.8 Å². The number of hydrogen-bond acceptors (Lipinski definition) is 6. The maximum Gasteiger partial charge on any atom is 0.262 e. The Kier molecular flexibility index (Phi) is 3.96. The van der Waals surface area contributed by atoms with Crippen LogP contribution in [0.3, 0.4) is 0 Å². The molecule has 2 N–H and O–H groups in total. The number of methoxy groups -OCH3 is 1. The zero-order valence-electron chi connectivity index (χ0n) is 10.5. The molecule has 2 aromatic rings. The number of nitrogens with two attached hydrogens (primary N) is 1. The van der Waals surface area contributed by atoms with E-state index in [9.17, 15) is 4.79 Å². The van der Waals surface area contributed by atoms with Crippen LogP contribution in [0, 0.1) is 0 Å². The number of primary amides is 1. The van der Waals surface area contributed by atoms with Crippen molar-refractivity contribution in [2.75, 3.05) is 13.7 Å². The minimum Gasteiger partial charge on any atom is -0.492 e. The van der Waals surface area contributed by atoms with Crippen molar-refractivity contribution >= 4 is 17.2 Å². The zero-order chi connectivity index (χ0) is 13.8. The summed E-state index contributed by atoms with van der Waals surface area (Å²) < 4.78 is 10.4. The predicted molar refractivity (Wildman–Crippen MR) is 71.6 cm³/mol. The van der Waals surface area contributed by atoms with Crippen LogP contribution in [0.25, 0.3) is 10.6 Å². The quantitative estimate of drug-likeness (QED) is 0.900. The summed E-state index contributed by atoms with van der Waals surface area (Å²) in [6.45, 7) is 2.30. The van der Waals surface area contributed by atoms with Gasteiger partial charge in [0.05, 0.1) is 24.3 Å². The lowest BCUT2D eigenvalue weighted by Gasteiger charge is -2.00. The lowest BCUT2D eigenvalue weighted by Crippen LogP contribution is -2.10. The molecule has 6 nitrogen and oxygen atoms in total. The summed E-state index contributed by atoms with van der Waals surface area (Å²) in [5, 5.41) is 0. The summed E-state index contributed by atoms with van der Waals surface area (Å²) in [5.41, 5.74) is 5.98. The molecule has 19 heavy (non-hydrogen) atoms. The van der Waals surface area contributed by atoms with Crippen molar-refractivity contribution in [2.24, 2.45) is 5.73 Å². The highest BCUT2D eigenvalue weighted by Gasteiger charge is 2.17. The smallest absolute Gasteiger partial charge is 0.262 e. The van der Waals surface area contributed by atoms with Crippen LogP contribution in [0.4, 0.5) is 0 Å². The SMILES string of the molecule is CCOc1cc(-c2cc(OC)ncn2)sc1C(N)=O. The topological polar surface area (TPSA) is 87.3 Å². The first-order chi connectivity index (χ1) is 9.15. The molecule has 0 aliphatic heterocycles. The van der Waals surface area contributed by atoms with E-state index in [2.05, 4.69) is 9.97 Å². The largest absolute Gasteiger partial charge is 0.492 e. The number of nitrogens with zero attached hydrogens (tertiary/aromatic N) is 2. The fourth-order valence-corrected chi connectivity index (χ4v) is 2.44. The Bertz CT molecular complexity index is 598. The van der Waals surface area contributed by atoms with Crippen LogP contribution in [-0.4, -0.2) is 29.6 Å². The molecule has 2 aromatic heterocycles. The van der Waals surface area contributed by atoms with Crippen LogP contribution in [-0.2, 0) is 0 Å². The molecule has 0 fully saturated rings. The molecule has 0 saturated heterocycles. The zero-order valence-corrected chi connectivity index (χ0v) is 11.4. The summed E-state index contributed by atoms with van der Waals surface area (Å²) in [4.78, 5) is 20.6.